The van der Waals surface area contributed by atoms with Crippen LogP contribution in [-0.4, -0.2) is 69.9 Å². The molecule has 0 aromatic rings. The topological polar surface area (TPSA) is 136 Å². The standard InChI is InChI=1S/C28H44N2O6S2/c1-2-3-4-5-6-7-8-9-10-11-12-13-14-15-16-17-18-19-24(31)29-20-22-37-38-23-21-30-27(34)25(32)26(33)28(35)36/h3-4,6-7,9-10,12-13,15-16,25-26,32-33H,2,5,8,11,14,17-23H2,1H3,(H,29,31)(H,30,34)(H,35,36)/b4-3-,7-6-,10-9-,13-12-,16-15-/t25-,26-/m1/s1. The summed E-state index contributed by atoms with van der Waals surface area (Å²) in [5, 5.41) is 32.3. The zero-order chi connectivity index (χ0) is 28.3. The maximum absolute atomic E-state index is 11.9. The Hall–Kier alpha value is -2.27. The van der Waals surface area contributed by atoms with Gasteiger partial charge in [-0.05, 0) is 44.9 Å². The maximum atomic E-state index is 11.9. The van der Waals surface area contributed by atoms with Crippen LogP contribution in [-0.2, 0) is 14.4 Å². The molecule has 0 aromatic heterocycles. The van der Waals surface area contributed by atoms with Crippen LogP contribution in [0.2, 0.25) is 0 Å². The number of aliphatic hydroxyl groups excluding tert-OH is 2. The lowest BCUT2D eigenvalue weighted by Gasteiger charge is -2.13. The van der Waals surface area contributed by atoms with E-state index >= 15 is 0 Å². The Kier molecular flexibility index (Phi) is 24.8. The lowest BCUT2D eigenvalue weighted by atomic mass is 10.2. The summed E-state index contributed by atoms with van der Waals surface area (Å²) in [4.78, 5) is 33.9. The quantitative estimate of drug-likeness (QED) is 0.0698. The lowest BCUT2D eigenvalue weighted by Crippen LogP contribution is -2.46. The Morgan fingerprint density at radius 1 is 0.711 bits per heavy atom. The summed E-state index contributed by atoms with van der Waals surface area (Å²) in [5.41, 5.74) is 0. The molecule has 0 bridgehead atoms. The summed E-state index contributed by atoms with van der Waals surface area (Å²) in [6.45, 7) is 2.91. The molecule has 8 nitrogen and oxygen atoms in total. The highest BCUT2D eigenvalue weighted by Gasteiger charge is 2.29. The van der Waals surface area contributed by atoms with Crippen LogP contribution in [0.1, 0.15) is 58.3 Å². The molecule has 0 radical (unpaired) electrons. The monoisotopic (exact) mass is 568 g/mol. The van der Waals surface area contributed by atoms with Crippen LogP contribution in [0.3, 0.4) is 0 Å². The molecule has 2 atom stereocenters. The maximum Gasteiger partial charge on any atom is 0.335 e. The first-order valence-electron chi connectivity index (χ1n) is 13.0. The molecule has 0 aliphatic carbocycles. The van der Waals surface area contributed by atoms with Gasteiger partial charge in [-0.15, -0.1) is 0 Å². The fourth-order valence-electron chi connectivity index (χ4n) is 2.79. The Labute approximate surface area is 235 Å². The minimum atomic E-state index is -2.15. The van der Waals surface area contributed by atoms with Crippen LogP contribution >= 0.6 is 21.6 Å². The molecule has 38 heavy (non-hydrogen) atoms. The summed E-state index contributed by atoms with van der Waals surface area (Å²) in [5.74, 6) is -1.31. The molecule has 0 aliphatic rings. The summed E-state index contributed by atoms with van der Waals surface area (Å²) in [7, 11) is 3.02. The molecule has 0 saturated carbocycles. The van der Waals surface area contributed by atoms with Crippen LogP contribution in [0.4, 0.5) is 0 Å². The largest absolute Gasteiger partial charge is 0.479 e. The number of carboxylic acids is 1. The van der Waals surface area contributed by atoms with Crippen molar-refractivity contribution in [1.29, 1.82) is 0 Å². The summed E-state index contributed by atoms with van der Waals surface area (Å²) >= 11 is 0. The van der Waals surface area contributed by atoms with E-state index < -0.39 is 24.1 Å². The van der Waals surface area contributed by atoms with Crippen molar-refractivity contribution in [2.24, 2.45) is 0 Å². The number of unbranched alkanes of at least 4 members (excludes halogenated alkanes) is 1. The number of carbonyl (C=O) groups excluding carboxylic acids is 2. The Morgan fingerprint density at radius 2 is 1.18 bits per heavy atom. The third-order valence-corrected chi connectivity index (χ3v) is 7.24. The number of rotatable bonds is 23. The smallest absolute Gasteiger partial charge is 0.335 e. The van der Waals surface area contributed by atoms with E-state index in [9.17, 15) is 19.5 Å². The number of nitrogens with one attached hydrogen (secondary N) is 2. The molecule has 214 valence electrons. The van der Waals surface area contributed by atoms with Crippen LogP contribution in [0.15, 0.2) is 60.8 Å². The van der Waals surface area contributed by atoms with E-state index in [1.165, 1.54) is 21.6 Å². The van der Waals surface area contributed by atoms with Gasteiger partial charge in [-0.2, -0.15) is 0 Å². The van der Waals surface area contributed by atoms with Gasteiger partial charge in [0.05, 0.1) is 0 Å². The molecule has 5 N–H and O–H groups in total. The van der Waals surface area contributed by atoms with Gasteiger partial charge in [-0.25, -0.2) is 4.79 Å². The first-order valence-corrected chi connectivity index (χ1v) is 15.5. The number of carbonyl (C=O) groups is 3. The fourth-order valence-corrected chi connectivity index (χ4v) is 4.60. The number of hydrogen-bond donors (Lipinski definition) is 5. The molecule has 0 unspecified atom stereocenters. The Balaban J connectivity index is 3.58. The van der Waals surface area contributed by atoms with Crippen molar-refractivity contribution < 1.29 is 29.7 Å². The van der Waals surface area contributed by atoms with Crippen molar-refractivity contribution in [1.82, 2.24) is 10.6 Å². The van der Waals surface area contributed by atoms with Crippen LogP contribution in [0, 0.1) is 0 Å². The first kappa shape index (κ1) is 35.7. The van der Waals surface area contributed by atoms with Crippen molar-refractivity contribution in [3.63, 3.8) is 0 Å². The van der Waals surface area contributed by atoms with Gasteiger partial charge in [-0.1, -0.05) is 89.3 Å². The molecule has 0 spiro atoms. The molecule has 0 rings (SSSR count). The summed E-state index contributed by atoms with van der Waals surface area (Å²) in [6.07, 6.45) is 24.5. The average molecular weight is 569 g/mol. The van der Waals surface area contributed by atoms with Gasteiger partial charge in [0.2, 0.25) is 5.91 Å². The van der Waals surface area contributed by atoms with Gasteiger partial charge in [0.25, 0.3) is 5.91 Å². The second-order valence-electron chi connectivity index (χ2n) is 8.11. The zero-order valence-corrected chi connectivity index (χ0v) is 23.9. The molecule has 0 fully saturated rings. The van der Waals surface area contributed by atoms with Crippen LogP contribution < -0.4 is 10.6 Å². The molecule has 0 heterocycles. The molecule has 0 aliphatic heterocycles. The highest BCUT2D eigenvalue weighted by Crippen LogP contribution is 2.19. The molecule has 0 saturated heterocycles. The van der Waals surface area contributed by atoms with E-state index in [4.69, 9.17) is 10.2 Å². The predicted octanol–water partition coefficient (Wildman–Crippen LogP) is 4.33. The number of carboxylic acid groups (broad SMARTS) is 1. The van der Waals surface area contributed by atoms with Gasteiger partial charge in [0, 0.05) is 31.0 Å². The highest BCUT2D eigenvalue weighted by molar-refractivity contribution is 8.76. The molecule has 10 heteroatoms. The van der Waals surface area contributed by atoms with Gasteiger partial charge in [0.15, 0.2) is 12.2 Å². The zero-order valence-electron chi connectivity index (χ0n) is 22.3. The molecular weight excluding hydrogens is 524 g/mol. The second kappa shape index (κ2) is 26.3. The third kappa shape index (κ3) is 22.9. The van der Waals surface area contributed by atoms with E-state index in [2.05, 4.69) is 78.3 Å². The number of aliphatic hydroxyl groups is 2. The Morgan fingerprint density at radius 3 is 1.68 bits per heavy atom. The number of hydrogen-bond acceptors (Lipinski definition) is 7. The van der Waals surface area contributed by atoms with E-state index in [0.717, 1.165) is 44.9 Å². The van der Waals surface area contributed by atoms with Crippen LogP contribution in [0.5, 0.6) is 0 Å². The van der Waals surface area contributed by atoms with Gasteiger partial charge >= 0.3 is 5.97 Å². The van der Waals surface area contributed by atoms with Crippen molar-refractivity contribution in [2.45, 2.75) is 70.5 Å². The molecular formula is C28H44N2O6S2. The number of aliphatic carboxylic acids is 1. The third-order valence-electron chi connectivity index (χ3n) is 4.83. The van der Waals surface area contributed by atoms with Gasteiger partial charge < -0.3 is 26.0 Å². The van der Waals surface area contributed by atoms with Gasteiger partial charge in [-0.3, -0.25) is 9.59 Å². The second-order valence-corrected chi connectivity index (χ2v) is 10.8. The molecule has 0 aromatic carbocycles. The SMILES string of the molecule is CC/C=C\C/C=C\C/C=C\C/C=C\C/C=C\CCCC(=O)NCCSSCCNC(=O)[C@H](O)[C@@H](O)C(=O)O. The fraction of sp³-hybridized carbons (Fsp3) is 0.536. The normalized spacial score (nSPS) is 13.8. The van der Waals surface area contributed by atoms with Crippen molar-refractivity contribution >= 4 is 39.4 Å². The number of amides is 2. The van der Waals surface area contributed by atoms with E-state index in [0.29, 0.717) is 24.5 Å². The summed E-state index contributed by atoms with van der Waals surface area (Å²) in [6, 6.07) is 0. The minimum absolute atomic E-state index is 0.0289. The average Bonchev–Trinajstić information content (AvgIpc) is 2.90. The lowest BCUT2D eigenvalue weighted by molar-refractivity contribution is -0.158. The Bertz CT molecular complexity index is 796. The first-order chi connectivity index (χ1) is 18.4. The van der Waals surface area contributed by atoms with Crippen molar-refractivity contribution in [3.05, 3.63) is 60.8 Å². The van der Waals surface area contributed by atoms with Gasteiger partial charge in [0.1, 0.15) is 0 Å². The highest BCUT2D eigenvalue weighted by atomic mass is 33.1. The van der Waals surface area contributed by atoms with Crippen LogP contribution in [0.25, 0.3) is 0 Å². The van der Waals surface area contributed by atoms with E-state index in [1.807, 2.05) is 0 Å². The van der Waals surface area contributed by atoms with E-state index in [-0.39, 0.29) is 12.5 Å². The summed E-state index contributed by atoms with van der Waals surface area (Å²) < 4.78 is 0. The molecule has 2 amide bonds. The van der Waals surface area contributed by atoms with Crippen molar-refractivity contribution in [2.75, 3.05) is 24.6 Å². The van der Waals surface area contributed by atoms with Crippen molar-refractivity contribution in [3.8, 4) is 0 Å². The van der Waals surface area contributed by atoms with E-state index in [1.54, 1.807) is 0 Å². The minimum Gasteiger partial charge on any atom is -0.479 e. The number of allylic oxidation sites excluding steroid dienone is 10. The predicted molar refractivity (Wildman–Crippen MR) is 159 cm³/mol.